The Bertz CT molecular complexity index is 915. The van der Waals surface area contributed by atoms with E-state index in [4.69, 9.17) is 9.47 Å². The molecule has 0 N–H and O–H groups in total. The normalized spacial score (nSPS) is 10.5. The quantitative estimate of drug-likeness (QED) is 0.612. The molecule has 3 rings (SSSR count). The van der Waals surface area contributed by atoms with Gasteiger partial charge in [0.05, 0.1) is 18.3 Å². The summed E-state index contributed by atoms with van der Waals surface area (Å²) in [6, 6.07) is 11.6. The highest BCUT2D eigenvalue weighted by molar-refractivity contribution is 7.07. The maximum Gasteiger partial charge on any atom is 0.254 e. The summed E-state index contributed by atoms with van der Waals surface area (Å²) >= 11 is 1.50. The van der Waals surface area contributed by atoms with Gasteiger partial charge in [-0.1, -0.05) is 12.1 Å². The zero-order valence-corrected chi connectivity index (χ0v) is 15.8. The number of carbonyl (C=O) groups excluding carboxylic acids is 1. The fourth-order valence-corrected chi connectivity index (χ4v) is 3.10. The summed E-state index contributed by atoms with van der Waals surface area (Å²) in [6.07, 6.45) is 0. The van der Waals surface area contributed by atoms with Crippen LogP contribution in [0.5, 0.6) is 11.5 Å². The van der Waals surface area contributed by atoms with Crippen molar-refractivity contribution >= 4 is 17.2 Å². The molecule has 1 aromatic heterocycles. The lowest BCUT2D eigenvalue weighted by molar-refractivity contribution is 0.0784. The Hall–Kier alpha value is -2.93. The third-order valence-corrected chi connectivity index (χ3v) is 4.57. The molecule has 0 saturated heterocycles. The average Bonchev–Trinajstić information content (AvgIpc) is 3.20. The van der Waals surface area contributed by atoms with Crippen molar-refractivity contribution < 1.29 is 18.7 Å². The number of ether oxygens (including phenoxy) is 2. The topological polar surface area (TPSA) is 51.7 Å². The monoisotopic (exact) mass is 386 g/mol. The highest BCUT2D eigenvalue weighted by Crippen LogP contribution is 2.20. The predicted octanol–water partition coefficient (Wildman–Crippen LogP) is 4.14. The van der Waals surface area contributed by atoms with Gasteiger partial charge in [-0.3, -0.25) is 4.79 Å². The summed E-state index contributed by atoms with van der Waals surface area (Å²) in [5.74, 6) is 0.147. The van der Waals surface area contributed by atoms with Crippen molar-refractivity contribution in [2.24, 2.45) is 0 Å². The zero-order chi connectivity index (χ0) is 19.2. The van der Waals surface area contributed by atoms with E-state index in [2.05, 4.69) is 4.98 Å². The maximum absolute atomic E-state index is 13.8. The second-order valence-electron chi connectivity index (χ2n) is 5.93. The molecule has 0 radical (unpaired) electrons. The molecule has 2 aromatic carbocycles. The smallest absolute Gasteiger partial charge is 0.254 e. The number of aromatic nitrogens is 1. The van der Waals surface area contributed by atoms with Crippen LogP contribution in [0, 0.1) is 5.82 Å². The molecule has 140 valence electrons. The van der Waals surface area contributed by atoms with Gasteiger partial charge in [0.15, 0.2) is 11.6 Å². The lowest BCUT2D eigenvalue weighted by atomic mass is 10.1. The number of thiazole rings is 1. The van der Waals surface area contributed by atoms with Gasteiger partial charge in [-0.15, -0.1) is 11.3 Å². The van der Waals surface area contributed by atoms with E-state index in [9.17, 15) is 9.18 Å². The van der Waals surface area contributed by atoms with E-state index >= 15 is 0 Å². The zero-order valence-electron chi connectivity index (χ0n) is 15.0. The van der Waals surface area contributed by atoms with E-state index in [1.165, 1.54) is 29.4 Å². The molecular formula is C20H19FN2O3S. The largest absolute Gasteiger partial charge is 0.494 e. The van der Waals surface area contributed by atoms with Crippen molar-refractivity contribution in [3.8, 4) is 11.5 Å². The summed E-state index contributed by atoms with van der Waals surface area (Å²) in [4.78, 5) is 18.4. The molecule has 0 aliphatic rings. The standard InChI is InChI=1S/C20H19FN2O3S/c1-23(10-14-6-7-19(25-2)18(21)8-14)20(24)15-4-3-5-17(9-15)26-11-16-12-27-13-22-16/h3-9,12-13H,10-11H2,1-2H3. The SMILES string of the molecule is COc1ccc(CN(C)C(=O)c2cccc(OCc3cscn3)c2)cc1F. The van der Waals surface area contributed by atoms with Crippen molar-refractivity contribution in [1.29, 1.82) is 0 Å². The molecule has 1 amide bonds. The Morgan fingerprint density at radius 2 is 2.11 bits per heavy atom. The number of amides is 1. The first kappa shape index (κ1) is 18.8. The fourth-order valence-electron chi connectivity index (χ4n) is 2.56. The number of nitrogens with zero attached hydrogens (tertiary/aromatic N) is 2. The predicted molar refractivity (Wildman–Crippen MR) is 102 cm³/mol. The fraction of sp³-hybridized carbons (Fsp3) is 0.200. The summed E-state index contributed by atoms with van der Waals surface area (Å²) in [5.41, 5.74) is 3.77. The Kier molecular flexibility index (Phi) is 6.03. The van der Waals surface area contributed by atoms with Gasteiger partial charge in [-0.05, 0) is 35.9 Å². The molecular weight excluding hydrogens is 367 g/mol. The summed E-state index contributed by atoms with van der Waals surface area (Å²) in [7, 11) is 3.09. The Balaban J connectivity index is 1.65. The van der Waals surface area contributed by atoms with Crippen LogP contribution in [0.4, 0.5) is 4.39 Å². The van der Waals surface area contributed by atoms with Crippen LogP contribution >= 0.6 is 11.3 Å². The van der Waals surface area contributed by atoms with E-state index < -0.39 is 5.82 Å². The van der Waals surface area contributed by atoms with E-state index in [1.807, 2.05) is 5.38 Å². The van der Waals surface area contributed by atoms with E-state index in [0.29, 0.717) is 23.5 Å². The summed E-state index contributed by atoms with van der Waals surface area (Å²) in [5, 5.41) is 1.91. The van der Waals surface area contributed by atoms with Gasteiger partial charge in [0, 0.05) is 24.5 Å². The van der Waals surface area contributed by atoms with Crippen LogP contribution in [0.25, 0.3) is 0 Å². The molecule has 0 aliphatic carbocycles. The van der Waals surface area contributed by atoms with Crippen LogP contribution < -0.4 is 9.47 Å². The molecule has 5 nitrogen and oxygen atoms in total. The van der Waals surface area contributed by atoms with Crippen LogP contribution in [0.1, 0.15) is 21.6 Å². The van der Waals surface area contributed by atoms with E-state index in [0.717, 1.165) is 5.69 Å². The maximum atomic E-state index is 13.8. The van der Waals surface area contributed by atoms with Crippen LogP contribution in [0.15, 0.2) is 53.4 Å². The third-order valence-electron chi connectivity index (χ3n) is 3.93. The molecule has 3 aromatic rings. The Morgan fingerprint density at radius 3 is 2.81 bits per heavy atom. The molecule has 0 bridgehead atoms. The van der Waals surface area contributed by atoms with E-state index in [1.54, 1.807) is 49.0 Å². The van der Waals surface area contributed by atoms with Crippen LogP contribution in [0.3, 0.4) is 0 Å². The number of carbonyl (C=O) groups is 1. The molecule has 0 fully saturated rings. The van der Waals surface area contributed by atoms with Gasteiger partial charge in [-0.25, -0.2) is 9.37 Å². The molecule has 1 heterocycles. The summed E-state index contributed by atoms with van der Waals surface area (Å²) < 4.78 is 24.4. The van der Waals surface area contributed by atoms with Gasteiger partial charge >= 0.3 is 0 Å². The first-order valence-electron chi connectivity index (χ1n) is 8.24. The Morgan fingerprint density at radius 1 is 1.26 bits per heavy atom. The molecule has 0 unspecified atom stereocenters. The van der Waals surface area contributed by atoms with Gasteiger partial charge in [0.25, 0.3) is 5.91 Å². The highest BCUT2D eigenvalue weighted by Gasteiger charge is 2.14. The van der Waals surface area contributed by atoms with Crippen molar-refractivity contribution in [1.82, 2.24) is 9.88 Å². The van der Waals surface area contributed by atoms with Gasteiger partial charge < -0.3 is 14.4 Å². The second-order valence-corrected chi connectivity index (χ2v) is 6.65. The molecule has 0 saturated carbocycles. The average molecular weight is 386 g/mol. The number of halogens is 1. The minimum absolute atomic E-state index is 0.176. The van der Waals surface area contributed by atoms with Crippen LogP contribution in [-0.4, -0.2) is 29.9 Å². The van der Waals surface area contributed by atoms with E-state index in [-0.39, 0.29) is 18.2 Å². The van der Waals surface area contributed by atoms with Gasteiger partial charge in [-0.2, -0.15) is 0 Å². The number of methoxy groups -OCH3 is 1. The first-order valence-corrected chi connectivity index (χ1v) is 9.19. The third kappa shape index (κ3) is 4.83. The molecule has 0 atom stereocenters. The number of hydrogen-bond acceptors (Lipinski definition) is 5. The van der Waals surface area contributed by atoms with Crippen LogP contribution in [-0.2, 0) is 13.2 Å². The molecule has 0 aliphatic heterocycles. The lowest BCUT2D eigenvalue weighted by Gasteiger charge is -2.18. The second kappa shape index (κ2) is 8.64. The lowest BCUT2D eigenvalue weighted by Crippen LogP contribution is -2.26. The highest BCUT2D eigenvalue weighted by atomic mass is 32.1. The van der Waals surface area contributed by atoms with Crippen molar-refractivity contribution in [3.05, 3.63) is 76.0 Å². The minimum Gasteiger partial charge on any atom is -0.494 e. The number of hydrogen-bond donors (Lipinski definition) is 0. The molecule has 7 heteroatoms. The number of benzene rings is 2. The Labute approximate surface area is 161 Å². The first-order chi connectivity index (χ1) is 13.1. The van der Waals surface area contributed by atoms with Crippen molar-refractivity contribution in [3.63, 3.8) is 0 Å². The van der Waals surface area contributed by atoms with Gasteiger partial charge in [0.1, 0.15) is 12.4 Å². The van der Waals surface area contributed by atoms with Crippen molar-refractivity contribution in [2.75, 3.05) is 14.2 Å². The van der Waals surface area contributed by atoms with Gasteiger partial charge in [0.2, 0.25) is 0 Å². The summed E-state index contributed by atoms with van der Waals surface area (Å²) in [6.45, 7) is 0.631. The molecule has 0 spiro atoms. The van der Waals surface area contributed by atoms with Crippen LogP contribution in [0.2, 0.25) is 0 Å². The minimum atomic E-state index is -0.451. The number of rotatable bonds is 7. The van der Waals surface area contributed by atoms with Crippen molar-refractivity contribution in [2.45, 2.75) is 13.2 Å². The molecule has 27 heavy (non-hydrogen) atoms.